The van der Waals surface area contributed by atoms with Crippen LogP contribution in [0.2, 0.25) is 0 Å². The average Bonchev–Trinajstić information content (AvgIpc) is 2.62. The van der Waals surface area contributed by atoms with E-state index in [0.717, 1.165) is 5.16 Å². The van der Waals surface area contributed by atoms with Crippen LogP contribution in [-0.4, -0.2) is 18.0 Å². The summed E-state index contributed by atoms with van der Waals surface area (Å²) in [5.74, 6) is 0. The summed E-state index contributed by atoms with van der Waals surface area (Å²) < 4.78 is 24.4. The van der Waals surface area contributed by atoms with Gasteiger partial charge in [-0.1, -0.05) is 11.8 Å². The molecular weight excluding hydrogens is 272 g/mol. The molecule has 0 radical (unpaired) electrons. The number of aryl methyl sites for hydroxylation is 1. The molecule has 18 heavy (non-hydrogen) atoms. The lowest BCUT2D eigenvalue weighted by Gasteiger charge is -2.05. The molecule has 0 unspecified atom stereocenters. The fraction of sp³-hybridized carbons (Fsp3) is 0.100. The van der Waals surface area contributed by atoms with E-state index in [1.807, 2.05) is 11.6 Å². The number of nitrogens with two attached hydrogens (primary N) is 2. The molecule has 1 aromatic carbocycles. The van der Waals surface area contributed by atoms with Gasteiger partial charge in [-0.3, -0.25) is 0 Å². The molecule has 1 aromatic heterocycles. The van der Waals surface area contributed by atoms with Crippen LogP contribution < -0.4 is 10.9 Å². The van der Waals surface area contributed by atoms with E-state index in [-0.39, 0.29) is 4.90 Å². The second-order valence-electron chi connectivity index (χ2n) is 3.71. The summed E-state index contributed by atoms with van der Waals surface area (Å²) in [7, 11) is -1.91. The minimum absolute atomic E-state index is 0.000732. The van der Waals surface area contributed by atoms with Crippen molar-refractivity contribution in [3.8, 4) is 0 Å². The van der Waals surface area contributed by atoms with Crippen LogP contribution in [0.3, 0.4) is 0 Å². The molecule has 0 saturated carbocycles. The Hall–Kier alpha value is -1.51. The maximum Gasteiger partial charge on any atom is 0.238 e. The molecule has 8 heteroatoms. The Balaban J connectivity index is 2.41. The molecule has 0 fully saturated rings. The topological polar surface area (TPSA) is 104 Å². The van der Waals surface area contributed by atoms with Crippen molar-refractivity contribution in [3.05, 3.63) is 30.6 Å². The zero-order valence-corrected chi connectivity index (χ0v) is 11.2. The Morgan fingerprint density at radius 2 is 2.06 bits per heavy atom. The van der Waals surface area contributed by atoms with Crippen molar-refractivity contribution in [2.24, 2.45) is 12.2 Å². The lowest BCUT2D eigenvalue weighted by Crippen LogP contribution is -2.12. The van der Waals surface area contributed by atoms with Gasteiger partial charge in [0.05, 0.1) is 4.90 Å². The fourth-order valence-electron chi connectivity index (χ4n) is 1.37. The average molecular weight is 284 g/mol. The van der Waals surface area contributed by atoms with Gasteiger partial charge in [0.2, 0.25) is 10.0 Å². The molecule has 1 heterocycles. The van der Waals surface area contributed by atoms with E-state index in [1.54, 1.807) is 18.5 Å². The molecule has 0 aliphatic carbocycles. The Labute approximate surface area is 109 Å². The maximum atomic E-state index is 11.3. The standard InChI is InChI=1S/C10H12N4O2S2/c1-14-3-2-13-10(14)17-8-4-7(11)5-9(6-8)18(12,15)16/h2-6H,11H2,1H3,(H2,12,15,16). The number of anilines is 1. The minimum atomic E-state index is -3.76. The molecule has 0 aliphatic rings. The third-order valence-electron chi connectivity index (χ3n) is 2.22. The number of benzene rings is 1. The number of primary sulfonamides is 1. The van der Waals surface area contributed by atoms with E-state index in [4.69, 9.17) is 10.9 Å². The molecule has 96 valence electrons. The second-order valence-corrected chi connectivity index (χ2v) is 6.31. The van der Waals surface area contributed by atoms with E-state index >= 15 is 0 Å². The smallest absolute Gasteiger partial charge is 0.238 e. The number of hydrogen-bond acceptors (Lipinski definition) is 5. The molecule has 2 aromatic rings. The van der Waals surface area contributed by atoms with Crippen LogP contribution in [0.5, 0.6) is 0 Å². The van der Waals surface area contributed by atoms with E-state index < -0.39 is 10.0 Å². The molecule has 0 saturated heterocycles. The Bertz CT molecular complexity index is 679. The normalized spacial score (nSPS) is 11.7. The zero-order valence-electron chi connectivity index (χ0n) is 9.57. The first-order valence-corrected chi connectivity index (χ1v) is 7.31. The van der Waals surface area contributed by atoms with Gasteiger partial charge in [-0.15, -0.1) is 0 Å². The van der Waals surface area contributed by atoms with Gasteiger partial charge in [0, 0.05) is 30.0 Å². The zero-order chi connectivity index (χ0) is 13.3. The first-order valence-electron chi connectivity index (χ1n) is 4.95. The molecule has 0 spiro atoms. The second kappa shape index (κ2) is 4.63. The summed E-state index contributed by atoms with van der Waals surface area (Å²) in [6.45, 7) is 0. The minimum Gasteiger partial charge on any atom is -0.399 e. The number of rotatable bonds is 3. The van der Waals surface area contributed by atoms with Gasteiger partial charge in [0.15, 0.2) is 5.16 Å². The summed E-state index contributed by atoms with van der Waals surface area (Å²) >= 11 is 1.32. The fourth-order valence-corrected chi connectivity index (χ4v) is 2.95. The monoisotopic (exact) mass is 284 g/mol. The molecule has 6 nitrogen and oxygen atoms in total. The highest BCUT2D eigenvalue weighted by Gasteiger charge is 2.11. The van der Waals surface area contributed by atoms with E-state index in [2.05, 4.69) is 4.98 Å². The lowest BCUT2D eigenvalue weighted by molar-refractivity contribution is 0.597. The van der Waals surface area contributed by atoms with E-state index in [9.17, 15) is 8.42 Å². The van der Waals surface area contributed by atoms with Gasteiger partial charge < -0.3 is 10.3 Å². The summed E-state index contributed by atoms with van der Waals surface area (Å²) in [5.41, 5.74) is 6.01. The number of sulfonamides is 1. The van der Waals surface area contributed by atoms with Crippen LogP contribution in [-0.2, 0) is 17.1 Å². The quantitative estimate of drug-likeness (QED) is 0.811. The number of nitrogen functional groups attached to an aromatic ring is 1. The predicted molar refractivity (Wildman–Crippen MR) is 69.6 cm³/mol. The number of imidazole rings is 1. The van der Waals surface area contributed by atoms with Crippen molar-refractivity contribution in [1.82, 2.24) is 9.55 Å². The molecule has 0 aliphatic heterocycles. The van der Waals surface area contributed by atoms with Gasteiger partial charge in [-0.2, -0.15) is 0 Å². The highest BCUT2D eigenvalue weighted by Crippen LogP contribution is 2.29. The maximum absolute atomic E-state index is 11.3. The van der Waals surface area contributed by atoms with Crippen molar-refractivity contribution >= 4 is 27.5 Å². The van der Waals surface area contributed by atoms with E-state index in [0.29, 0.717) is 10.6 Å². The van der Waals surface area contributed by atoms with Crippen molar-refractivity contribution in [3.63, 3.8) is 0 Å². The Morgan fingerprint density at radius 3 is 2.61 bits per heavy atom. The third kappa shape index (κ3) is 2.84. The van der Waals surface area contributed by atoms with Crippen LogP contribution >= 0.6 is 11.8 Å². The highest BCUT2D eigenvalue weighted by atomic mass is 32.2. The van der Waals surface area contributed by atoms with Crippen LogP contribution in [0.15, 0.2) is 45.5 Å². The van der Waals surface area contributed by atoms with Gasteiger partial charge >= 0.3 is 0 Å². The van der Waals surface area contributed by atoms with Crippen molar-refractivity contribution < 1.29 is 8.42 Å². The SMILES string of the molecule is Cn1ccnc1Sc1cc(N)cc(S(N)(=O)=O)c1. The molecule has 0 atom stereocenters. The molecule has 0 bridgehead atoms. The van der Waals surface area contributed by atoms with Crippen molar-refractivity contribution in [2.45, 2.75) is 14.9 Å². The Kier molecular flexibility index (Phi) is 3.33. The van der Waals surface area contributed by atoms with Gasteiger partial charge in [0.1, 0.15) is 0 Å². The summed E-state index contributed by atoms with van der Waals surface area (Å²) in [6, 6.07) is 4.48. The third-order valence-corrected chi connectivity index (χ3v) is 4.16. The lowest BCUT2D eigenvalue weighted by atomic mass is 10.3. The van der Waals surface area contributed by atoms with Gasteiger partial charge in [-0.25, -0.2) is 18.5 Å². The van der Waals surface area contributed by atoms with Crippen molar-refractivity contribution in [1.29, 1.82) is 0 Å². The highest BCUT2D eigenvalue weighted by molar-refractivity contribution is 7.99. The van der Waals surface area contributed by atoms with Crippen molar-refractivity contribution in [2.75, 3.05) is 5.73 Å². The van der Waals surface area contributed by atoms with Gasteiger partial charge in [0.25, 0.3) is 0 Å². The largest absolute Gasteiger partial charge is 0.399 e. The molecular formula is C10H12N4O2S2. The summed E-state index contributed by atoms with van der Waals surface area (Å²) in [4.78, 5) is 4.81. The number of nitrogens with zero attached hydrogens (tertiary/aromatic N) is 2. The van der Waals surface area contributed by atoms with Crippen LogP contribution in [0.4, 0.5) is 5.69 Å². The first-order chi connectivity index (χ1) is 8.36. The molecule has 4 N–H and O–H groups in total. The summed E-state index contributed by atoms with van der Waals surface area (Å²) in [6.07, 6.45) is 3.46. The summed E-state index contributed by atoms with van der Waals surface area (Å²) in [5, 5.41) is 5.82. The molecule has 0 amide bonds. The number of hydrogen-bond donors (Lipinski definition) is 2. The first kappa shape index (κ1) is 12.9. The van der Waals surface area contributed by atoms with Gasteiger partial charge in [-0.05, 0) is 18.2 Å². The van der Waals surface area contributed by atoms with E-state index in [1.165, 1.54) is 23.9 Å². The van der Waals surface area contributed by atoms with Crippen LogP contribution in [0, 0.1) is 0 Å². The molecule has 2 rings (SSSR count). The predicted octanol–water partition coefficient (Wildman–Crippen LogP) is 0.801. The Morgan fingerprint density at radius 1 is 1.33 bits per heavy atom. The van der Waals surface area contributed by atoms with Crippen LogP contribution in [0.1, 0.15) is 0 Å². The number of aromatic nitrogens is 2. The van der Waals surface area contributed by atoms with Crippen LogP contribution in [0.25, 0.3) is 0 Å².